The number of piperidine rings is 1. The van der Waals surface area contributed by atoms with Crippen LogP contribution in [-0.4, -0.2) is 36.5 Å². The molecule has 1 aliphatic rings. The van der Waals surface area contributed by atoms with Gasteiger partial charge in [-0.05, 0) is 25.0 Å². The number of methoxy groups -OCH3 is 1. The van der Waals surface area contributed by atoms with Crippen LogP contribution in [0.4, 0.5) is 5.69 Å². The number of phenols is 1. The normalized spacial score (nSPS) is 18.1. The highest BCUT2D eigenvalue weighted by molar-refractivity contribution is 6.04. The van der Waals surface area contributed by atoms with Crippen LogP contribution in [0.2, 0.25) is 0 Å². The molecule has 112 valence electrons. The van der Waals surface area contributed by atoms with Crippen molar-refractivity contribution in [3.8, 4) is 11.5 Å². The number of benzene rings is 1. The fourth-order valence-corrected chi connectivity index (χ4v) is 2.31. The highest BCUT2D eigenvalue weighted by Gasteiger charge is 2.33. The molecule has 3 amide bonds. The fourth-order valence-electron chi connectivity index (χ4n) is 2.31. The molecule has 1 saturated heterocycles. The number of aromatic hydroxyl groups is 1. The standard InChI is InChI=1S/C14H16N2O5/c1-8-3-4-9(13(21-2)12(8)19)16(7-17)10-5-6-11(18)15-14(10)20/h3-4,7,10,19H,5-6H2,1-2H3,(H,15,18,20). The first-order chi connectivity index (χ1) is 9.99. The Hall–Kier alpha value is -2.57. The first kappa shape index (κ1) is 14.8. The highest BCUT2D eigenvalue weighted by atomic mass is 16.5. The van der Waals surface area contributed by atoms with Crippen LogP contribution in [0.3, 0.4) is 0 Å². The van der Waals surface area contributed by atoms with Gasteiger partial charge in [0.1, 0.15) is 6.04 Å². The minimum atomic E-state index is -0.809. The van der Waals surface area contributed by atoms with E-state index in [0.717, 1.165) is 0 Å². The Kier molecular flexibility index (Phi) is 4.11. The Labute approximate surface area is 121 Å². The molecule has 2 N–H and O–H groups in total. The molecule has 2 rings (SSSR count). The average Bonchev–Trinajstić information content (AvgIpc) is 2.45. The molecule has 0 radical (unpaired) electrons. The zero-order valence-electron chi connectivity index (χ0n) is 11.8. The molecule has 1 aliphatic heterocycles. The SMILES string of the molecule is COc1c(N(C=O)C2CCC(=O)NC2=O)ccc(C)c1O. The number of carbonyl (C=O) groups is 3. The number of anilines is 1. The van der Waals surface area contributed by atoms with Gasteiger partial charge in [0.25, 0.3) is 0 Å². The van der Waals surface area contributed by atoms with E-state index in [0.29, 0.717) is 12.0 Å². The summed E-state index contributed by atoms with van der Waals surface area (Å²) in [5, 5.41) is 12.2. The van der Waals surface area contributed by atoms with Gasteiger partial charge in [0.05, 0.1) is 12.8 Å². The Morgan fingerprint density at radius 2 is 2.14 bits per heavy atom. The third kappa shape index (κ3) is 2.67. The summed E-state index contributed by atoms with van der Waals surface area (Å²) in [6.07, 6.45) is 0.870. The molecule has 1 heterocycles. The van der Waals surface area contributed by atoms with Crippen LogP contribution >= 0.6 is 0 Å². The van der Waals surface area contributed by atoms with Crippen LogP contribution in [0.15, 0.2) is 12.1 Å². The van der Waals surface area contributed by atoms with Crippen molar-refractivity contribution in [3.05, 3.63) is 17.7 Å². The number of nitrogens with zero attached hydrogens (tertiary/aromatic N) is 1. The van der Waals surface area contributed by atoms with Crippen molar-refractivity contribution in [1.82, 2.24) is 5.32 Å². The molecule has 0 saturated carbocycles. The zero-order valence-corrected chi connectivity index (χ0v) is 11.8. The van der Waals surface area contributed by atoms with Gasteiger partial charge in [0.2, 0.25) is 18.2 Å². The van der Waals surface area contributed by atoms with E-state index in [9.17, 15) is 19.5 Å². The summed E-state index contributed by atoms with van der Waals surface area (Å²) in [6, 6.07) is 2.40. The summed E-state index contributed by atoms with van der Waals surface area (Å²) < 4.78 is 5.14. The molecule has 0 aromatic heterocycles. The summed E-state index contributed by atoms with van der Waals surface area (Å²) in [5.74, 6) is -0.873. The zero-order chi connectivity index (χ0) is 15.6. The first-order valence-corrected chi connectivity index (χ1v) is 6.43. The van der Waals surface area contributed by atoms with Gasteiger partial charge < -0.3 is 9.84 Å². The van der Waals surface area contributed by atoms with Crippen LogP contribution in [-0.2, 0) is 14.4 Å². The van der Waals surface area contributed by atoms with E-state index in [4.69, 9.17) is 4.74 Å². The van der Waals surface area contributed by atoms with Gasteiger partial charge in [-0.15, -0.1) is 0 Å². The molecule has 1 aromatic carbocycles. The van der Waals surface area contributed by atoms with Crippen molar-refractivity contribution in [2.75, 3.05) is 12.0 Å². The predicted octanol–water partition coefficient (Wildman–Crippen LogP) is 0.477. The van der Waals surface area contributed by atoms with Gasteiger partial charge >= 0.3 is 0 Å². The van der Waals surface area contributed by atoms with Gasteiger partial charge in [0.15, 0.2) is 11.5 Å². The number of rotatable bonds is 4. The maximum absolute atomic E-state index is 11.9. The van der Waals surface area contributed by atoms with E-state index in [1.54, 1.807) is 19.1 Å². The Bertz CT molecular complexity index is 599. The maximum Gasteiger partial charge on any atom is 0.249 e. The molecule has 7 heteroatoms. The third-order valence-corrected chi connectivity index (χ3v) is 3.45. The van der Waals surface area contributed by atoms with Gasteiger partial charge in [-0.3, -0.25) is 24.6 Å². The number of aryl methyl sites for hydroxylation is 1. The summed E-state index contributed by atoms with van der Waals surface area (Å²) >= 11 is 0. The molecule has 0 aliphatic carbocycles. The lowest BCUT2D eigenvalue weighted by Gasteiger charge is -2.31. The van der Waals surface area contributed by atoms with E-state index < -0.39 is 11.9 Å². The van der Waals surface area contributed by atoms with Crippen molar-refractivity contribution < 1.29 is 24.2 Å². The maximum atomic E-state index is 11.9. The second-order valence-corrected chi connectivity index (χ2v) is 4.76. The molecule has 1 unspecified atom stereocenters. The highest BCUT2D eigenvalue weighted by Crippen LogP contribution is 2.39. The quantitative estimate of drug-likeness (QED) is 0.621. The average molecular weight is 292 g/mol. The number of imide groups is 1. The molecule has 0 spiro atoms. The fraction of sp³-hybridized carbons (Fsp3) is 0.357. The van der Waals surface area contributed by atoms with Gasteiger partial charge in [0, 0.05) is 6.42 Å². The number of nitrogens with one attached hydrogen (secondary N) is 1. The number of ether oxygens (including phenoxy) is 1. The van der Waals surface area contributed by atoms with E-state index in [2.05, 4.69) is 5.32 Å². The Balaban J connectivity index is 2.42. The van der Waals surface area contributed by atoms with E-state index in [1.165, 1.54) is 12.0 Å². The molecule has 1 fully saturated rings. The number of hydrogen-bond acceptors (Lipinski definition) is 5. The van der Waals surface area contributed by atoms with Gasteiger partial charge in [-0.25, -0.2) is 0 Å². The van der Waals surface area contributed by atoms with Crippen LogP contribution in [0, 0.1) is 6.92 Å². The first-order valence-electron chi connectivity index (χ1n) is 6.43. The van der Waals surface area contributed by atoms with Gasteiger partial charge in [-0.1, -0.05) is 6.07 Å². The molecule has 1 atom stereocenters. The summed E-state index contributed by atoms with van der Waals surface area (Å²) in [4.78, 5) is 35.7. The van der Waals surface area contributed by atoms with Crippen molar-refractivity contribution in [3.63, 3.8) is 0 Å². The van der Waals surface area contributed by atoms with Crippen molar-refractivity contribution in [2.24, 2.45) is 0 Å². The lowest BCUT2D eigenvalue weighted by Crippen LogP contribution is -2.52. The van der Waals surface area contributed by atoms with Crippen LogP contribution in [0.25, 0.3) is 0 Å². The molecule has 1 aromatic rings. The predicted molar refractivity (Wildman–Crippen MR) is 74.1 cm³/mol. The monoisotopic (exact) mass is 292 g/mol. The van der Waals surface area contributed by atoms with Crippen LogP contribution in [0.1, 0.15) is 18.4 Å². The number of carbonyl (C=O) groups excluding carboxylic acids is 3. The van der Waals surface area contributed by atoms with E-state index in [1.807, 2.05) is 0 Å². The molecule has 7 nitrogen and oxygen atoms in total. The van der Waals surface area contributed by atoms with Gasteiger partial charge in [-0.2, -0.15) is 0 Å². The molecular weight excluding hydrogens is 276 g/mol. The summed E-state index contributed by atoms with van der Waals surface area (Å²) in [7, 11) is 1.37. The third-order valence-electron chi connectivity index (χ3n) is 3.45. The number of hydrogen-bond donors (Lipinski definition) is 2. The molecule has 21 heavy (non-hydrogen) atoms. The van der Waals surface area contributed by atoms with Crippen molar-refractivity contribution in [1.29, 1.82) is 0 Å². The molecular formula is C14H16N2O5. The lowest BCUT2D eigenvalue weighted by atomic mass is 10.0. The minimum absolute atomic E-state index is 0.0888. The van der Waals surface area contributed by atoms with Crippen LogP contribution in [0.5, 0.6) is 11.5 Å². The topological polar surface area (TPSA) is 95.9 Å². The summed E-state index contributed by atoms with van der Waals surface area (Å²) in [5.41, 5.74) is 0.870. The van der Waals surface area contributed by atoms with Crippen molar-refractivity contribution >= 4 is 23.9 Å². The minimum Gasteiger partial charge on any atom is -0.504 e. The van der Waals surface area contributed by atoms with Crippen molar-refractivity contribution in [2.45, 2.75) is 25.8 Å². The van der Waals surface area contributed by atoms with E-state index >= 15 is 0 Å². The van der Waals surface area contributed by atoms with E-state index in [-0.39, 0.29) is 35.9 Å². The Morgan fingerprint density at radius 3 is 2.71 bits per heavy atom. The summed E-state index contributed by atoms with van der Waals surface area (Å²) in [6.45, 7) is 1.69. The largest absolute Gasteiger partial charge is 0.504 e. The second kappa shape index (κ2) is 5.82. The number of phenolic OH excluding ortho intramolecular Hbond substituents is 1. The lowest BCUT2D eigenvalue weighted by molar-refractivity contribution is -0.134. The smallest absolute Gasteiger partial charge is 0.249 e. The molecule has 0 bridgehead atoms. The Morgan fingerprint density at radius 1 is 1.43 bits per heavy atom. The second-order valence-electron chi connectivity index (χ2n) is 4.76. The van der Waals surface area contributed by atoms with Crippen LogP contribution < -0.4 is 15.0 Å². The number of amides is 3.